The molecule has 6 nitrogen and oxygen atoms in total. The highest BCUT2D eigenvalue weighted by molar-refractivity contribution is 7.13. The molecule has 1 unspecified atom stereocenters. The lowest BCUT2D eigenvalue weighted by Gasteiger charge is -2.07. The van der Waals surface area contributed by atoms with Crippen LogP contribution in [-0.2, 0) is 4.79 Å². The predicted octanol–water partition coefficient (Wildman–Crippen LogP) is -0.656. The Morgan fingerprint density at radius 2 is 2.53 bits per heavy atom. The standard InChI is InChI=1S/C8H10N4O2S/c9-8-12-5(3-15-8)7(14)11-4-1-6(13)10-2-4/h3-4H,1-2H2,(H2,9,12)(H,10,13)(H,11,14). The molecule has 4 N–H and O–H groups in total. The van der Waals surface area contributed by atoms with Gasteiger partial charge in [0.05, 0.1) is 6.04 Å². The lowest BCUT2D eigenvalue weighted by atomic mass is 10.2. The zero-order valence-corrected chi connectivity index (χ0v) is 8.63. The van der Waals surface area contributed by atoms with Gasteiger partial charge in [-0.1, -0.05) is 0 Å². The van der Waals surface area contributed by atoms with Crippen LogP contribution in [0.2, 0.25) is 0 Å². The third-order valence-electron chi connectivity index (χ3n) is 2.07. The Balaban J connectivity index is 1.95. The number of carbonyl (C=O) groups excluding carboxylic acids is 2. The number of amides is 2. The van der Waals surface area contributed by atoms with Crippen molar-refractivity contribution >= 4 is 28.3 Å². The summed E-state index contributed by atoms with van der Waals surface area (Å²) in [4.78, 5) is 26.3. The summed E-state index contributed by atoms with van der Waals surface area (Å²) in [5.41, 5.74) is 5.71. The Morgan fingerprint density at radius 3 is 3.07 bits per heavy atom. The van der Waals surface area contributed by atoms with Crippen molar-refractivity contribution in [2.45, 2.75) is 12.5 Å². The number of aromatic nitrogens is 1. The molecule has 0 aliphatic carbocycles. The first-order valence-electron chi connectivity index (χ1n) is 4.43. The second-order valence-corrected chi connectivity index (χ2v) is 4.14. The monoisotopic (exact) mass is 226 g/mol. The van der Waals surface area contributed by atoms with Crippen molar-refractivity contribution in [2.24, 2.45) is 0 Å². The molecular weight excluding hydrogens is 216 g/mol. The van der Waals surface area contributed by atoms with E-state index in [2.05, 4.69) is 15.6 Å². The van der Waals surface area contributed by atoms with Gasteiger partial charge >= 0.3 is 0 Å². The molecule has 2 heterocycles. The van der Waals surface area contributed by atoms with E-state index in [1.54, 1.807) is 5.38 Å². The fraction of sp³-hybridized carbons (Fsp3) is 0.375. The van der Waals surface area contributed by atoms with Gasteiger partial charge in [-0.3, -0.25) is 9.59 Å². The second kappa shape index (κ2) is 3.85. The number of rotatable bonds is 2. The highest BCUT2D eigenvalue weighted by atomic mass is 32.1. The smallest absolute Gasteiger partial charge is 0.271 e. The van der Waals surface area contributed by atoms with E-state index in [-0.39, 0.29) is 17.9 Å². The average molecular weight is 226 g/mol. The molecule has 2 amide bonds. The average Bonchev–Trinajstić information content (AvgIpc) is 2.75. The number of hydrogen-bond donors (Lipinski definition) is 3. The van der Waals surface area contributed by atoms with Gasteiger partial charge in [-0.15, -0.1) is 11.3 Å². The summed E-state index contributed by atoms with van der Waals surface area (Å²) in [6, 6.07) is -0.145. The summed E-state index contributed by atoms with van der Waals surface area (Å²) >= 11 is 1.21. The van der Waals surface area contributed by atoms with Crippen LogP contribution in [0.3, 0.4) is 0 Å². The summed E-state index contributed by atoms with van der Waals surface area (Å²) in [5.74, 6) is -0.331. The number of nitrogens with zero attached hydrogens (tertiary/aromatic N) is 1. The van der Waals surface area contributed by atoms with Crippen LogP contribution in [0.1, 0.15) is 16.9 Å². The summed E-state index contributed by atoms with van der Waals surface area (Å²) < 4.78 is 0. The molecule has 1 aromatic heterocycles. The van der Waals surface area contributed by atoms with E-state index < -0.39 is 0 Å². The molecule has 0 spiro atoms. The molecule has 7 heteroatoms. The maximum absolute atomic E-state index is 11.6. The molecule has 0 aromatic carbocycles. The molecule has 0 saturated carbocycles. The van der Waals surface area contributed by atoms with E-state index in [0.29, 0.717) is 23.8 Å². The van der Waals surface area contributed by atoms with E-state index in [0.717, 1.165) is 0 Å². The van der Waals surface area contributed by atoms with Gasteiger partial charge in [-0.25, -0.2) is 4.98 Å². The zero-order chi connectivity index (χ0) is 10.8. The van der Waals surface area contributed by atoms with Gasteiger partial charge in [0.1, 0.15) is 5.69 Å². The second-order valence-electron chi connectivity index (χ2n) is 3.25. The number of nitrogens with one attached hydrogen (secondary N) is 2. The van der Waals surface area contributed by atoms with E-state index in [4.69, 9.17) is 5.73 Å². The third kappa shape index (κ3) is 2.24. The SMILES string of the molecule is Nc1nc(C(=O)NC2CNC(=O)C2)cs1. The topological polar surface area (TPSA) is 97.1 Å². The van der Waals surface area contributed by atoms with Gasteiger partial charge in [0.15, 0.2) is 5.13 Å². The molecule has 15 heavy (non-hydrogen) atoms. The highest BCUT2D eigenvalue weighted by Gasteiger charge is 2.23. The van der Waals surface area contributed by atoms with Gasteiger partial charge in [-0.05, 0) is 0 Å². The van der Waals surface area contributed by atoms with Crippen molar-refractivity contribution < 1.29 is 9.59 Å². The minimum absolute atomic E-state index is 0.0434. The van der Waals surface area contributed by atoms with Gasteiger partial charge in [0.2, 0.25) is 5.91 Å². The summed E-state index contributed by atoms with van der Waals surface area (Å²) in [6.45, 7) is 0.476. The fourth-order valence-corrected chi connectivity index (χ4v) is 1.90. The van der Waals surface area contributed by atoms with Crippen molar-refractivity contribution in [3.63, 3.8) is 0 Å². The number of nitrogen functional groups attached to an aromatic ring is 1. The molecule has 1 saturated heterocycles. The van der Waals surface area contributed by atoms with Gasteiger partial charge in [0, 0.05) is 18.3 Å². The maximum Gasteiger partial charge on any atom is 0.271 e. The minimum Gasteiger partial charge on any atom is -0.375 e. The molecular formula is C8H10N4O2S. The molecule has 0 radical (unpaired) electrons. The Hall–Kier alpha value is -1.63. The molecule has 1 aliphatic rings. The van der Waals surface area contributed by atoms with Crippen molar-refractivity contribution in [3.8, 4) is 0 Å². The van der Waals surface area contributed by atoms with Crippen LogP contribution in [-0.4, -0.2) is 29.4 Å². The minimum atomic E-state index is -0.288. The van der Waals surface area contributed by atoms with E-state index in [9.17, 15) is 9.59 Å². The van der Waals surface area contributed by atoms with E-state index in [1.165, 1.54) is 11.3 Å². The molecule has 1 atom stereocenters. The van der Waals surface area contributed by atoms with Crippen LogP contribution in [0.15, 0.2) is 5.38 Å². The first-order chi connectivity index (χ1) is 7.15. The van der Waals surface area contributed by atoms with Crippen molar-refractivity contribution in [1.29, 1.82) is 0 Å². The van der Waals surface area contributed by atoms with E-state index in [1.807, 2.05) is 0 Å². The number of thiazole rings is 1. The number of carbonyl (C=O) groups is 2. The lowest BCUT2D eigenvalue weighted by molar-refractivity contribution is -0.119. The molecule has 0 bridgehead atoms. The zero-order valence-electron chi connectivity index (χ0n) is 7.82. The normalized spacial score (nSPS) is 20.0. The Morgan fingerprint density at radius 1 is 1.73 bits per heavy atom. The van der Waals surface area contributed by atoms with Crippen LogP contribution in [0.4, 0.5) is 5.13 Å². The van der Waals surface area contributed by atoms with Crippen LogP contribution in [0, 0.1) is 0 Å². The third-order valence-corrected chi connectivity index (χ3v) is 2.74. The molecule has 80 valence electrons. The quantitative estimate of drug-likeness (QED) is 0.624. The summed E-state index contributed by atoms with van der Waals surface area (Å²) in [5, 5.41) is 7.29. The van der Waals surface area contributed by atoms with Crippen molar-refractivity contribution in [3.05, 3.63) is 11.1 Å². The number of hydrogen-bond acceptors (Lipinski definition) is 5. The van der Waals surface area contributed by atoms with Crippen LogP contribution < -0.4 is 16.4 Å². The predicted molar refractivity (Wildman–Crippen MR) is 55.4 cm³/mol. The summed E-state index contributed by atoms with van der Waals surface area (Å²) in [6.07, 6.45) is 0.325. The van der Waals surface area contributed by atoms with Crippen LogP contribution in [0.25, 0.3) is 0 Å². The molecule has 1 aliphatic heterocycles. The van der Waals surface area contributed by atoms with Crippen LogP contribution >= 0.6 is 11.3 Å². The highest BCUT2D eigenvalue weighted by Crippen LogP contribution is 2.11. The van der Waals surface area contributed by atoms with Crippen LogP contribution in [0.5, 0.6) is 0 Å². The Kier molecular flexibility index (Phi) is 2.55. The summed E-state index contributed by atoms with van der Waals surface area (Å²) in [7, 11) is 0. The van der Waals surface area contributed by atoms with Gasteiger partial charge in [-0.2, -0.15) is 0 Å². The molecule has 1 aromatic rings. The maximum atomic E-state index is 11.6. The largest absolute Gasteiger partial charge is 0.375 e. The van der Waals surface area contributed by atoms with Crippen molar-refractivity contribution in [2.75, 3.05) is 12.3 Å². The number of anilines is 1. The fourth-order valence-electron chi connectivity index (χ4n) is 1.36. The Labute approximate surface area is 89.9 Å². The van der Waals surface area contributed by atoms with Gasteiger partial charge < -0.3 is 16.4 Å². The first-order valence-corrected chi connectivity index (χ1v) is 5.31. The molecule has 2 rings (SSSR count). The van der Waals surface area contributed by atoms with Crippen molar-refractivity contribution in [1.82, 2.24) is 15.6 Å². The lowest BCUT2D eigenvalue weighted by Crippen LogP contribution is -2.36. The van der Waals surface area contributed by atoms with Gasteiger partial charge in [0.25, 0.3) is 5.91 Å². The first kappa shape index (κ1) is 9.91. The molecule has 1 fully saturated rings. The number of nitrogens with two attached hydrogens (primary N) is 1. The van der Waals surface area contributed by atoms with E-state index >= 15 is 0 Å². The Bertz CT molecular complexity index is 403.